The van der Waals surface area contributed by atoms with Crippen molar-refractivity contribution < 1.29 is 28.6 Å². The first-order chi connectivity index (χ1) is 40.0. The summed E-state index contributed by atoms with van der Waals surface area (Å²) in [6.45, 7) is 6.46. The van der Waals surface area contributed by atoms with Gasteiger partial charge in [-0.3, -0.25) is 14.4 Å². The number of unbranched alkanes of at least 4 members (excludes halogenated alkanes) is 39. The maximum atomic E-state index is 13.0. The number of carbonyl (C=O) groups is 3. The van der Waals surface area contributed by atoms with Crippen LogP contribution in [0.1, 0.15) is 355 Å². The van der Waals surface area contributed by atoms with Gasteiger partial charge >= 0.3 is 17.9 Å². The number of hydrogen-bond donors (Lipinski definition) is 0. The molecule has 6 heteroatoms. The third-order valence-corrected chi connectivity index (χ3v) is 15.4. The maximum absolute atomic E-state index is 13.0. The topological polar surface area (TPSA) is 78.9 Å². The van der Waals surface area contributed by atoms with E-state index in [1.807, 2.05) is 0 Å². The van der Waals surface area contributed by atoms with Gasteiger partial charge in [-0.05, 0) is 89.9 Å². The molecule has 0 aliphatic carbocycles. The SMILES string of the molecule is CC/C=C\C/C=C\C/C=C\C/C=C\CCCCCCCCCCCCCCCCC(=O)OCC(COC(=O)CCCCCCC/C=C\C/C=C\C/C=C\CC)OC(=O)CCCCCCCCCCCCCCCCCCCCCCC. The van der Waals surface area contributed by atoms with Crippen LogP contribution in [0.4, 0.5) is 0 Å². The largest absolute Gasteiger partial charge is 0.462 e. The lowest BCUT2D eigenvalue weighted by molar-refractivity contribution is -0.167. The summed E-state index contributed by atoms with van der Waals surface area (Å²) in [7, 11) is 0. The molecule has 0 aliphatic rings. The van der Waals surface area contributed by atoms with E-state index in [0.29, 0.717) is 19.3 Å². The molecule has 0 saturated heterocycles. The van der Waals surface area contributed by atoms with Crippen LogP contribution < -0.4 is 0 Å². The molecule has 0 radical (unpaired) electrons. The van der Waals surface area contributed by atoms with Crippen LogP contribution in [0.5, 0.6) is 0 Å². The van der Waals surface area contributed by atoms with E-state index in [-0.39, 0.29) is 31.1 Å². The number of allylic oxidation sites excluding steroid dienone is 14. The van der Waals surface area contributed by atoms with Gasteiger partial charge in [-0.15, -0.1) is 0 Å². The van der Waals surface area contributed by atoms with E-state index < -0.39 is 6.10 Å². The molecule has 0 spiro atoms. The molecule has 6 nitrogen and oxygen atoms in total. The number of rotatable bonds is 64. The zero-order valence-electron chi connectivity index (χ0n) is 53.8. The van der Waals surface area contributed by atoms with Crippen LogP contribution in [0, 0.1) is 0 Å². The van der Waals surface area contributed by atoms with Crippen molar-refractivity contribution in [1.82, 2.24) is 0 Å². The standard InChI is InChI=1S/C75H132O6/c1-4-7-10-13-16-19-22-25-28-30-32-34-35-36-37-38-39-41-42-44-47-50-53-56-59-62-65-68-74(77)80-71-72(70-79-73(76)67-64-61-58-55-52-49-46-27-24-21-18-15-12-9-6-3)81-75(78)69-66-63-60-57-54-51-48-45-43-40-33-31-29-26-23-20-17-14-11-8-5-2/h7,9-10,12,16,18-19,21,25,27-28,32,34,46,72H,4-6,8,11,13-15,17,20,22-24,26,29-31,33,35-45,47-71H2,1-3H3/b10-7-,12-9-,19-16-,21-18-,28-25-,34-32-,46-27-. The molecular weight excluding hydrogens is 997 g/mol. The van der Waals surface area contributed by atoms with Crippen LogP contribution in [0.25, 0.3) is 0 Å². The monoisotopic (exact) mass is 1130 g/mol. The second-order valence-corrected chi connectivity index (χ2v) is 23.4. The van der Waals surface area contributed by atoms with Gasteiger partial charge in [-0.2, -0.15) is 0 Å². The summed E-state index contributed by atoms with van der Waals surface area (Å²) in [6.07, 6.45) is 91.8. The van der Waals surface area contributed by atoms with Gasteiger partial charge in [0.05, 0.1) is 0 Å². The van der Waals surface area contributed by atoms with Crippen molar-refractivity contribution in [2.24, 2.45) is 0 Å². The zero-order valence-corrected chi connectivity index (χ0v) is 53.8. The van der Waals surface area contributed by atoms with Gasteiger partial charge in [-0.25, -0.2) is 0 Å². The summed E-state index contributed by atoms with van der Waals surface area (Å²) >= 11 is 0. The molecule has 0 aromatic heterocycles. The van der Waals surface area contributed by atoms with Gasteiger partial charge in [0.1, 0.15) is 13.2 Å². The highest BCUT2D eigenvalue weighted by atomic mass is 16.6. The molecule has 0 aromatic carbocycles. The molecule has 0 fully saturated rings. The Morgan fingerprint density at radius 2 is 0.481 bits per heavy atom. The van der Waals surface area contributed by atoms with Gasteiger partial charge in [-0.1, -0.05) is 331 Å². The van der Waals surface area contributed by atoms with Crippen molar-refractivity contribution in [3.8, 4) is 0 Å². The van der Waals surface area contributed by atoms with Gasteiger partial charge in [0, 0.05) is 19.3 Å². The van der Waals surface area contributed by atoms with Crippen molar-refractivity contribution in [2.75, 3.05) is 13.2 Å². The van der Waals surface area contributed by atoms with E-state index in [4.69, 9.17) is 14.2 Å². The van der Waals surface area contributed by atoms with Crippen LogP contribution in [0.3, 0.4) is 0 Å². The van der Waals surface area contributed by atoms with E-state index in [9.17, 15) is 14.4 Å². The van der Waals surface area contributed by atoms with Crippen LogP contribution in [-0.4, -0.2) is 37.2 Å². The predicted octanol–water partition coefficient (Wildman–Crippen LogP) is 24.2. The Morgan fingerprint density at radius 1 is 0.259 bits per heavy atom. The molecule has 0 amide bonds. The van der Waals surface area contributed by atoms with Gasteiger partial charge < -0.3 is 14.2 Å². The van der Waals surface area contributed by atoms with Crippen LogP contribution in [0.2, 0.25) is 0 Å². The molecule has 0 aromatic rings. The quantitative estimate of drug-likeness (QED) is 0.0261. The predicted molar refractivity (Wildman–Crippen MR) is 353 cm³/mol. The Bertz CT molecular complexity index is 1530. The second-order valence-electron chi connectivity index (χ2n) is 23.4. The lowest BCUT2D eigenvalue weighted by Crippen LogP contribution is -2.30. The minimum atomic E-state index is -0.784. The van der Waals surface area contributed by atoms with Gasteiger partial charge in [0.25, 0.3) is 0 Å². The summed E-state index contributed by atoms with van der Waals surface area (Å²) in [6, 6.07) is 0. The number of ether oxygens (including phenoxy) is 3. The first-order valence-corrected chi connectivity index (χ1v) is 35.1. The Balaban J connectivity index is 4.29. The average molecular weight is 1130 g/mol. The van der Waals surface area contributed by atoms with Gasteiger partial charge in [0.2, 0.25) is 0 Å². The van der Waals surface area contributed by atoms with Crippen molar-refractivity contribution in [3.05, 3.63) is 85.1 Å². The summed E-state index contributed by atoms with van der Waals surface area (Å²) in [5.41, 5.74) is 0. The molecule has 1 atom stereocenters. The first kappa shape index (κ1) is 77.6. The Hall–Kier alpha value is -3.41. The third-order valence-electron chi connectivity index (χ3n) is 15.4. The molecule has 468 valence electrons. The maximum Gasteiger partial charge on any atom is 0.306 e. The van der Waals surface area contributed by atoms with E-state index in [1.165, 1.54) is 193 Å². The highest BCUT2D eigenvalue weighted by Crippen LogP contribution is 2.18. The first-order valence-electron chi connectivity index (χ1n) is 35.1. The van der Waals surface area contributed by atoms with Crippen molar-refractivity contribution in [2.45, 2.75) is 361 Å². The molecular formula is C75H132O6. The summed E-state index contributed by atoms with van der Waals surface area (Å²) in [5.74, 6) is -0.875. The Labute approximate surface area is 503 Å². The molecule has 0 bridgehead atoms. The van der Waals surface area contributed by atoms with E-state index in [0.717, 1.165) is 122 Å². The molecule has 0 saturated carbocycles. The molecule has 0 rings (SSSR count). The number of esters is 3. The van der Waals surface area contributed by atoms with E-state index >= 15 is 0 Å². The molecule has 0 heterocycles. The van der Waals surface area contributed by atoms with E-state index in [2.05, 4.69) is 106 Å². The fourth-order valence-corrected chi connectivity index (χ4v) is 10.2. The zero-order chi connectivity index (χ0) is 58.5. The molecule has 81 heavy (non-hydrogen) atoms. The minimum absolute atomic E-state index is 0.0785. The van der Waals surface area contributed by atoms with Crippen molar-refractivity contribution >= 4 is 17.9 Å². The Morgan fingerprint density at radius 3 is 0.753 bits per heavy atom. The average Bonchev–Trinajstić information content (AvgIpc) is 3.47. The number of hydrogen-bond acceptors (Lipinski definition) is 6. The van der Waals surface area contributed by atoms with Crippen LogP contribution in [-0.2, 0) is 28.6 Å². The second kappa shape index (κ2) is 69.1. The van der Waals surface area contributed by atoms with Crippen molar-refractivity contribution in [3.63, 3.8) is 0 Å². The summed E-state index contributed by atoms with van der Waals surface area (Å²) in [5, 5.41) is 0. The lowest BCUT2D eigenvalue weighted by Gasteiger charge is -2.18. The van der Waals surface area contributed by atoms with Crippen LogP contribution >= 0.6 is 0 Å². The fourth-order valence-electron chi connectivity index (χ4n) is 10.2. The van der Waals surface area contributed by atoms with Crippen molar-refractivity contribution in [1.29, 1.82) is 0 Å². The molecule has 0 aliphatic heterocycles. The van der Waals surface area contributed by atoms with Crippen LogP contribution in [0.15, 0.2) is 85.1 Å². The van der Waals surface area contributed by atoms with Gasteiger partial charge in [0.15, 0.2) is 6.10 Å². The smallest absolute Gasteiger partial charge is 0.306 e. The summed E-state index contributed by atoms with van der Waals surface area (Å²) < 4.78 is 17.0. The highest BCUT2D eigenvalue weighted by molar-refractivity contribution is 5.71. The summed E-state index contributed by atoms with van der Waals surface area (Å²) in [4.78, 5) is 38.4. The normalized spacial score (nSPS) is 12.6. The lowest BCUT2D eigenvalue weighted by atomic mass is 10.0. The highest BCUT2D eigenvalue weighted by Gasteiger charge is 2.19. The fraction of sp³-hybridized carbons (Fsp3) is 0.773. The molecule has 1 unspecified atom stereocenters. The number of carbonyl (C=O) groups excluding carboxylic acids is 3. The Kier molecular flexibility index (Phi) is 66.2. The van der Waals surface area contributed by atoms with E-state index in [1.54, 1.807) is 0 Å². The molecule has 0 N–H and O–H groups in total. The minimum Gasteiger partial charge on any atom is -0.462 e. The third kappa shape index (κ3) is 67.3.